The van der Waals surface area contributed by atoms with Crippen molar-refractivity contribution in [2.45, 2.75) is 165 Å². The quantitative estimate of drug-likeness (QED) is 0.225. The number of rotatable bonds is 11. The van der Waals surface area contributed by atoms with Gasteiger partial charge in [0.15, 0.2) is 23.5 Å². The van der Waals surface area contributed by atoms with Gasteiger partial charge in [-0.05, 0) is 109 Å². The van der Waals surface area contributed by atoms with Crippen LogP contribution in [0.15, 0.2) is 42.0 Å². The Hall–Kier alpha value is -3.12. The van der Waals surface area contributed by atoms with Crippen LogP contribution in [-0.4, -0.2) is 130 Å². The lowest BCUT2D eigenvalue weighted by Gasteiger charge is -2.44. The molecule has 1 aromatic heterocycles. The molecular formula is C49H69N3O11S. The highest BCUT2D eigenvalue weighted by atomic mass is 32.1. The van der Waals surface area contributed by atoms with E-state index >= 15 is 4.79 Å². The summed E-state index contributed by atoms with van der Waals surface area (Å²) in [5.41, 5.74) is 2.00. The molecule has 4 fully saturated rings. The summed E-state index contributed by atoms with van der Waals surface area (Å²) >= 11 is 1.48. The number of carbonyl (C=O) groups is 3. The molecule has 15 heteroatoms. The number of fused-ring (bicyclic) bond motifs is 8. The van der Waals surface area contributed by atoms with Crippen molar-refractivity contribution in [3.63, 3.8) is 0 Å². The van der Waals surface area contributed by atoms with Crippen LogP contribution >= 0.6 is 11.3 Å². The molecular weight excluding hydrogens is 839 g/mol. The maximum atomic E-state index is 15.2. The van der Waals surface area contributed by atoms with Gasteiger partial charge in [-0.25, -0.2) is 4.98 Å². The minimum absolute atomic E-state index is 0.0117. The van der Waals surface area contributed by atoms with Crippen LogP contribution in [0.3, 0.4) is 0 Å². The Morgan fingerprint density at radius 3 is 2.33 bits per heavy atom. The zero-order valence-corrected chi connectivity index (χ0v) is 39.8. The largest absolute Gasteiger partial charge is 0.462 e. The molecule has 0 spiro atoms. The molecule has 0 bridgehead atoms. The van der Waals surface area contributed by atoms with E-state index in [2.05, 4.69) is 37.3 Å². The molecule has 1 N–H and O–H groups in total. The Balaban J connectivity index is 1.13. The Morgan fingerprint density at radius 2 is 1.64 bits per heavy atom. The van der Waals surface area contributed by atoms with Crippen molar-refractivity contribution in [2.75, 3.05) is 40.7 Å². The number of ketones is 1. The van der Waals surface area contributed by atoms with Crippen LogP contribution < -0.4 is 5.32 Å². The second-order valence-electron chi connectivity index (χ2n) is 19.1. The third-order valence-electron chi connectivity index (χ3n) is 15.1. The summed E-state index contributed by atoms with van der Waals surface area (Å²) in [6.45, 7) is 8.07. The van der Waals surface area contributed by atoms with Crippen LogP contribution in [0.1, 0.15) is 118 Å². The Morgan fingerprint density at radius 1 is 0.891 bits per heavy atom. The number of ether oxygens (including phenoxy) is 8. The zero-order chi connectivity index (χ0) is 45.4. The summed E-state index contributed by atoms with van der Waals surface area (Å²) in [6.07, 6.45) is 4.43. The van der Waals surface area contributed by atoms with Crippen molar-refractivity contribution in [2.24, 2.45) is 23.7 Å². The van der Waals surface area contributed by atoms with E-state index < -0.39 is 36.6 Å². The number of likely N-dealkylation sites (N-methyl/N-ethyl adjacent to an activating group) is 1. The zero-order valence-electron chi connectivity index (χ0n) is 38.9. The van der Waals surface area contributed by atoms with Gasteiger partial charge in [0.05, 0.1) is 36.5 Å². The molecule has 1 amide bonds. The van der Waals surface area contributed by atoms with Gasteiger partial charge in [0, 0.05) is 61.5 Å². The maximum absolute atomic E-state index is 15.2. The fourth-order valence-electron chi connectivity index (χ4n) is 11.9. The number of hydrogen-bond acceptors (Lipinski definition) is 14. The van der Waals surface area contributed by atoms with Gasteiger partial charge in [0.2, 0.25) is 0 Å². The monoisotopic (exact) mass is 907 g/mol. The number of methoxy groups -OCH3 is 3. The van der Waals surface area contributed by atoms with E-state index in [0.29, 0.717) is 54.4 Å². The number of benzene rings is 1. The number of nitrogens with one attached hydrogen (secondary N) is 1. The maximum Gasteiger partial charge on any atom is 0.306 e. The Bertz CT molecular complexity index is 1980. The molecule has 2 aromatic rings. The van der Waals surface area contributed by atoms with Gasteiger partial charge in [-0.3, -0.25) is 19.7 Å². The lowest BCUT2D eigenvalue weighted by atomic mass is 9.67. The topological polar surface area (TPSA) is 153 Å². The van der Waals surface area contributed by atoms with Crippen molar-refractivity contribution in [3.05, 3.63) is 58.1 Å². The number of esters is 1. The molecule has 8 rings (SSSR count). The Labute approximate surface area is 382 Å². The molecule has 352 valence electrons. The van der Waals surface area contributed by atoms with Gasteiger partial charge in [0.25, 0.3) is 5.91 Å². The number of amides is 1. The van der Waals surface area contributed by atoms with Crippen LogP contribution in [0, 0.1) is 23.7 Å². The van der Waals surface area contributed by atoms with Gasteiger partial charge in [-0.2, -0.15) is 0 Å². The van der Waals surface area contributed by atoms with E-state index in [1.165, 1.54) is 11.3 Å². The molecule has 4 heterocycles. The average Bonchev–Trinajstić information content (AvgIpc) is 4.00. The number of allylic oxidation sites excluding steroid dienone is 2. The van der Waals surface area contributed by atoms with Crippen LogP contribution in [0.2, 0.25) is 0 Å². The highest BCUT2D eigenvalue weighted by molar-refractivity contribution is 7.16. The van der Waals surface area contributed by atoms with Gasteiger partial charge < -0.3 is 42.8 Å². The number of aromatic nitrogens is 1. The van der Waals surface area contributed by atoms with E-state index in [9.17, 15) is 9.59 Å². The van der Waals surface area contributed by atoms with Gasteiger partial charge >= 0.3 is 5.97 Å². The second-order valence-corrected chi connectivity index (χ2v) is 20.1. The predicted octanol–water partition coefficient (Wildman–Crippen LogP) is 7.28. The van der Waals surface area contributed by atoms with Crippen LogP contribution in [0.25, 0.3) is 0 Å². The molecule has 3 aliphatic heterocycles. The fraction of sp³-hybridized carbons (Fsp3) is 0.714. The van der Waals surface area contributed by atoms with Crippen LogP contribution in [0.4, 0.5) is 5.13 Å². The SMILES string of the molecule is CC[C@H]1CCC[C@H](OC2CC[C@H](N(C)C)C(C)O2)[C@@H](C)C(=O)C2=C[C@H]3[C@@H]4C[C@H](O[C@@H]5OC(C)[C@H](OC)C(OC)C5OC)C[C@H]4c4sc(NC(=O)c5ccccc5)nc4[C@H]3[C@@H]2CC(=O)O1. The molecule has 3 saturated heterocycles. The molecule has 14 nitrogen and oxygen atoms in total. The summed E-state index contributed by atoms with van der Waals surface area (Å²) < 4.78 is 50.4. The highest BCUT2D eigenvalue weighted by Gasteiger charge is 2.57. The molecule has 1 saturated carbocycles. The predicted molar refractivity (Wildman–Crippen MR) is 240 cm³/mol. The number of Topliss-reactive ketones (excluding diaryl/α,β-unsaturated/α-hetero) is 1. The Kier molecular flexibility index (Phi) is 15.1. The van der Waals surface area contributed by atoms with E-state index in [-0.39, 0.29) is 84.4 Å². The van der Waals surface area contributed by atoms with Gasteiger partial charge in [-0.15, -0.1) is 11.3 Å². The summed E-state index contributed by atoms with van der Waals surface area (Å²) in [4.78, 5) is 51.3. The van der Waals surface area contributed by atoms with Gasteiger partial charge in [0.1, 0.15) is 24.4 Å². The third kappa shape index (κ3) is 9.53. The third-order valence-corrected chi connectivity index (χ3v) is 16.3. The molecule has 17 atom stereocenters. The molecule has 3 aliphatic carbocycles. The van der Waals surface area contributed by atoms with Crippen molar-refractivity contribution in [1.82, 2.24) is 9.88 Å². The number of carbonyl (C=O) groups excluding carboxylic acids is 3. The minimum atomic E-state index is -0.707. The summed E-state index contributed by atoms with van der Waals surface area (Å²) in [6, 6.07) is 9.38. The molecule has 1 aromatic carbocycles. The summed E-state index contributed by atoms with van der Waals surface area (Å²) in [5, 5.41) is 3.57. The van der Waals surface area contributed by atoms with Crippen molar-refractivity contribution in [1.29, 1.82) is 0 Å². The minimum Gasteiger partial charge on any atom is -0.462 e. The first-order valence-corrected chi connectivity index (χ1v) is 24.3. The van der Waals surface area contributed by atoms with E-state index in [1.807, 2.05) is 39.0 Å². The lowest BCUT2D eigenvalue weighted by Crippen LogP contribution is -2.59. The van der Waals surface area contributed by atoms with Crippen LogP contribution in [0.5, 0.6) is 0 Å². The normalized spacial score (nSPS) is 39.1. The number of cyclic esters (lactones) is 1. The molecule has 6 aliphatic rings. The summed E-state index contributed by atoms with van der Waals surface area (Å²) in [7, 11) is 9.07. The van der Waals surface area contributed by atoms with E-state index in [4.69, 9.17) is 42.9 Å². The highest BCUT2D eigenvalue weighted by Crippen LogP contribution is 2.63. The second kappa shape index (κ2) is 20.4. The lowest BCUT2D eigenvalue weighted by molar-refractivity contribution is -0.314. The molecule has 64 heavy (non-hydrogen) atoms. The first-order chi connectivity index (χ1) is 30.8. The first kappa shape index (κ1) is 47.4. The number of hydrogen-bond donors (Lipinski definition) is 1. The first-order valence-electron chi connectivity index (χ1n) is 23.5. The number of thiazole rings is 1. The average molecular weight is 908 g/mol. The molecule has 5 unspecified atom stereocenters. The van der Waals surface area contributed by atoms with Crippen molar-refractivity contribution < 1.29 is 52.3 Å². The van der Waals surface area contributed by atoms with Crippen molar-refractivity contribution >= 4 is 34.1 Å². The summed E-state index contributed by atoms with van der Waals surface area (Å²) in [5.74, 6) is -1.88. The standard InChI is InChI=1S/C49H69N3O11S/c1-10-29-17-14-18-37(63-39-20-19-36(52(5)6)26(3)59-39)25(2)42(54)34-23-32-31-21-30(62-48-45(58-9)44(57-8)43(56-7)27(4)60-48)22-35(31)46-41(40(32)33(34)24-38(53)61-29)50-49(64-46)51-47(55)28-15-12-11-13-16-28/h11-13,15-16,23,25-27,29-33,35-37,39-40,43-45,48H,10,14,17-22,24H2,1-9H3,(H,50,51,55)/t25-,26?,27?,29+,30+,31+,32+,33-,35-,36+,37+,39?,40-,43+,44?,45?,48+/m1/s1. The number of nitrogens with zero attached hydrogens (tertiary/aromatic N) is 2. The van der Waals surface area contributed by atoms with E-state index in [1.54, 1.807) is 33.5 Å². The fourth-order valence-corrected chi connectivity index (χ4v) is 13.1. The smallest absolute Gasteiger partial charge is 0.306 e. The van der Waals surface area contributed by atoms with E-state index in [0.717, 1.165) is 29.8 Å². The molecule has 0 radical (unpaired) electrons. The van der Waals surface area contributed by atoms with Crippen molar-refractivity contribution in [3.8, 4) is 0 Å². The van der Waals surface area contributed by atoms with Gasteiger partial charge in [-0.1, -0.05) is 38.1 Å². The number of anilines is 1. The van der Waals surface area contributed by atoms with Crippen LogP contribution in [-0.2, 0) is 47.5 Å².